The lowest BCUT2D eigenvalue weighted by Gasteiger charge is -2.07. The average molecular weight is 274 g/mol. The largest absolute Gasteiger partial charge is 0.480 e. The third kappa shape index (κ3) is 3.25. The van der Waals surface area contributed by atoms with Gasteiger partial charge < -0.3 is 15.5 Å². The smallest absolute Gasteiger partial charge is 0.337 e. The lowest BCUT2D eigenvalue weighted by molar-refractivity contribution is -0.134. The number of carbonyl (C=O) groups is 2. The Morgan fingerprint density at radius 3 is 2.53 bits per heavy atom. The minimum atomic E-state index is -1.10. The maximum absolute atomic E-state index is 10.8. The van der Waals surface area contributed by atoms with Crippen molar-refractivity contribution in [3.05, 3.63) is 28.2 Å². The summed E-state index contributed by atoms with van der Waals surface area (Å²) in [5.74, 6) is -2.15. The lowest BCUT2D eigenvalue weighted by atomic mass is 10.2. The van der Waals surface area contributed by atoms with E-state index in [1.54, 1.807) is 6.07 Å². The van der Waals surface area contributed by atoms with Crippen LogP contribution in [0.2, 0.25) is 0 Å². The van der Waals surface area contributed by atoms with Gasteiger partial charge in [-0.3, -0.25) is 4.79 Å². The minimum absolute atomic E-state index is 0.0412. The monoisotopic (exact) mass is 273 g/mol. The van der Waals surface area contributed by atoms with Crippen LogP contribution in [0, 0.1) is 0 Å². The predicted molar refractivity (Wildman–Crippen MR) is 57.2 cm³/mol. The molecule has 0 saturated heterocycles. The molecule has 5 nitrogen and oxygen atoms in total. The molecule has 80 valence electrons. The van der Waals surface area contributed by atoms with Crippen molar-refractivity contribution in [2.24, 2.45) is 0 Å². The second-order valence-electron chi connectivity index (χ2n) is 2.74. The molecule has 0 spiro atoms. The Hall–Kier alpha value is -1.56. The highest BCUT2D eigenvalue weighted by Crippen LogP contribution is 2.21. The van der Waals surface area contributed by atoms with Crippen LogP contribution < -0.4 is 5.32 Å². The van der Waals surface area contributed by atoms with E-state index in [4.69, 9.17) is 10.2 Å². The first-order valence-electron chi connectivity index (χ1n) is 3.99. The molecule has 0 radical (unpaired) electrons. The molecule has 3 N–H and O–H groups in total. The first-order valence-corrected chi connectivity index (χ1v) is 4.78. The Morgan fingerprint density at radius 1 is 1.33 bits per heavy atom. The second kappa shape index (κ2) is 4.79. The highest BCUT2D eigenvalue weighted by molar-refractivity contribution is 9.10. The van der Waals surface area contributed by atoms with E-state index in [0.717, 1.165) is 0 Å². The standard InChI is InChI=1S/C9H8BrNO4/c10-5-1-2-6(9(14)15)7(3-5)11-4-8(12)13/h1-3,11H,4H2,(H,12,13)(H,14,15). The zero-order valence-corrected chi connectivity index (χ0v) is 9.11. The quantitative estimate of drug-likeness (QED) is 0.777. The van der Waals surface area contributed by atoms with Gasteiger partial charge in [-0.2, -0.15) is 0 Å². The Kier molecular flexibility index (Phi) is 3.68. The molecule has 6 heteroatoms. The molecular formula is C9H8BrNO4. The molecule has 1 aromatic carbocycles. The van der Waals surface area contributed by atoms with Gasteiger partial charge in [0, 0.05) is 4.47 Å². The van der Waals surface area contributed by atoms with E-state index in [2.05, 4.69) is 21.2 Å². The predicted octanol–water partition coefficient (Wildman–Crippen LogP) is 1.64. The van der Waals surface area contributed by atoms with Crippen molar-refractivity contribution in [3.8, 4) is 0 Å². The number of nitrogens with one attached hydrogen (secondary N) is 1. The zero-order chi connectivity index (χ0) is 11.4. The van der Waals surface area contributed by atoms with Gasteiger partial charge in [-0.1, -0.05) is 15.9 Å². The number of rotatable bonds is 4. The third-order valence-corrected chi connectivity index (χ3v) is 2.14. The first kappa shape index (κ1) is 11.5. The van der Waals surface area contributed by atoms with E-state index in [1.165, 1.54) is 12.1 Å². The topological polar surface area (TPSA) is 86.6 Å². The van der Waals surface area contributed by atoms with Crippen LogP contribution in [0.15, 0.2) is 22.7 Å². The van der Waals surface area contributed by atoms with Gasteiger partial charge in [-0.25, -0.2) is 4.79 Å². The van der Waals surface area contributed by atoms with Gasteiger partial charge in [0.2, 0.25) is 0 Å². The molecule has 0 atom stereocenters. The Morgan fingerprint density at radius 2 is 2.00 bits per heavy atom. The van der Waals surface area contributed by atoms with Crippen molar-refractivity contribution in [2.75, 3.05) is 11.9 Å². The summed E-state index contributed by atoms with van der Waals surface area (Å²) in [5, 5.41) is 19.8. The molecule has 0 amide bonds. The number of hydrogen-bond donors (Lipinski definition) is 3. The molecule has 0 aliphatic rings. The number of aromatic carboxylic acids is 1. The lowest BCUT2D eigenvalue weighted by Crippen LogP contribution is -2.14. The molecule has 1 rings (SSSR count). The normalized spacial score (nSPS) is 9.67. The van der Waals surface area contributed by atoms with Crippen molar-refractivity contribution in [3.63, 3.8) is 0 Å². The Labute approximate surface area is 93.9 Å². The average Bonchev–Trinajstić information content (AvgIpc) is 2.14. The number of benzene rings is 1. The number of halogens is 1. The van der Waals surface area contributed by atoms with Gasteiger partial charge in [0.15, 0.2) is 0 Å². The SMILES string of the molecule is O=C(O)CNc1cc(Br)ccc1C(=O)O. The molecule has 1 aromatic rings. The fourth-order valence-corrected chi connectivity index (χ4v) is 1.38. The summed E-state index contributed by atoms with van der Waals surface area (Å²) < 4.78 is 0.681. The zero-order valence-electron chi connectivity index (χ0n) is 7.53. The number of aliphatic carboxylic acids is 1. The van der Waals surface area contributed by atoms with Crippen molar-refractivity contribution in [1.29, 1.82) is 0 Å². The molecule has 0 aromatic heterocycles. The van der Waals surface area contributed by atoms with Crippen molar-refractivity contribution in [2.45, 2.75) is 0 Å². The van der Waals surface area contributed by atoms with Crippen molar-refractivity contribution < 1.29 is 19.8 Å². The van der Waals surface area contributed by atoms with E-state index < -0.39 is 11.9 Å². The van der Waals surface area contributed by atoms with Gasteiger partial charge in [0.1, 0.15) is 6.54 Å². The fourth-order valence-electron chi connectivity index (χ4n) is 1.02. The van der Waals surface area contributed by atoms with Gasteiger partial charge in [-0.05, 0) is 18.2 Å². The fraction of sp³-hybridized carbons (Fsp3) is 0.111. The summed E-state index contributed by atoms with van der Waals surface area (Å²) in [6.07, 6.45) is 0. The molecular weight excluding hydrogens is 266 g/mol. The summed E-state index contributed by atoms with van der Waals surface area (Å²) in [6.45, 7) is -0.323. The summed E-state index contributed by atoms with van der Waals surface area (Å²) in [7, 11) is 0. The van der Waals surface area contributed by atoms with Crippen LogP contribution in [0.1, 0.15) is 10.4 Å². The highest BCUT2D eigenvalue weighted by atomic mass is 79.9. The van der Waals surface area contributed by atoms with Crippen LogP contribution in [0.5, 0.6) is 0 Å². The van der Waals surface area contributed by atoms with Crippen LogP contribution in [0.4, 0.5) is 5.69 Å². The van der Waals surface area contributed by atoms with E-state index in [9.17, 15) is 9.59 Å². The van der Waals surface area contributed by atoms with E-state index in [1.807, 2.05) is 0 Å². The molecule has 0 saturated carbocycles. The summed E-state index contributed by atoms with van der Waals surface area (Å²) >= 11 is 3.17. The third-order valence-electron chi connectivity index (χ3n) is 1.64. The van der Waals surface area contributed by atoms with Crippen LogP contribution in [-0.4, -0.2) is 28.7 Å². The summed E-state index contributed by atoms with van der Waals surface area (Å²) in [4.78, 5) is 21.1. The Balaban J connectivity index is 2.96. The molecule has 15 heavy (non-hydrogen) atoms. The Bertz CT molecular complexity index is 405. The number of hydrogen-bond acceptors (Lipinski definition) is 3. The molecule has 0 fully saturated rings. The number of carboxylic acids is 2. The van der Waals surface area contributed by atoms with E-state index >= 15 is 0 Å². The van der Waals surface area contributed by atoms with Crippen LogP contribution in [-0.2, 0) is 4.79 Å². The van der Waals surface area contributed by atoms with E-state index in [-0.39, 0.29) is 17.8 Å². The van der Waals surface area contributed by atoms with E-state index in [0.29, 0.717) is 4.47 Å². The molecule has 0 aliphatic heterocycles. The van der Waals surface area contributed by atoms with Crippen LogP contribution >= 0.6 is 15.9 Å². The highest BCUT2D eigenvalue weighted by Gasteiger charge is 2.10. The van der Waals surface area contributed by atoms with Crippen LogP contribution in [0.25, 0.3) is 0 Å². The van der Waals surface area contributed by atoms with Crippen LogP contribution in [0.3, 0.4) is 0 Å². The number of carboxylic acid groups (broad SMARTS) is 2. The van der Waals surface area contributed by atoms with Crippen molar-refractivity contribution in [1.82, 2.24) is 0 Å². The second-order valence-corrected chi connectivity index (χ2v) is 3.66. The first-order chi connectivity index (χ1) is 7.00. The maximum atomic E-state index is 10.8. The molecule has 0 aliphatic carbocycles. The maximum Gasteiger partial charge on any atom is 0.337 e. The van der Waals surface area contributed by atoms with Crippen molar-refractivity contribution >= 4 is 33.6 Å². The van der Waals surface area contributed by atoms with Gasteiger partial charge in [-0.15, -0.1) is 0 Å². The summed E-state index contributed by atoms with van der Waals surface area (Å²) in [5.41, 5.74) is 0.318. The molecule has 0 bridgehead atoms. The summed E-state index contributed by atoms with van der Waals surface area (Å²) in [6, 6.07) is 4.50. The van der Waals surface area contributed by atoms with Gasteiger partial charge in [0.25, 0.3) is 0 Å². The number of anilines is 1. The minimum Gasteiger partial charge on any atom is -0.480 e. The van der Waals surface area contributed by atoms with Gasteiger partial charge in [0.05, 0.1) is 11.3 Å². The molecule has 0 unspecified atom stereocenters. The van der Waals surface area contributed by atoms with Gasteiger partial charge >= 0.3 is 11.9 Å². The molecule has 0 heterocycles.